The average Bonchev–Trinajstić information content (AvgIpc) is 3.62. The first-order valence-electron chi connectivity index (χ1n) is 16.6. The Kier molecular flexibility index (Phi) is 8.73. The Labute approximate surface area is 301 Å². The van der Waals surface area contributed by atoms with Gasteiger partial charge in [0.05, 0.1) is 0 Å². The van der Waals surface area contributed by atoms with Gasteiger partial charge in [0.1, 0.15) is 5.82 Å². The molecule has 0 atom stereocenters. The van der Waals surface area contributed by atoms with Crippen LogP contribution in [0.2, 0.25) is 0 Å². The van der Waals surface area contributed by atoms with Gasteiger partial charge in [-0.2, -0.15) is 12.1 Å². The molecule has 0 bridgehead atoms. The molecule has 0 aliphatic rings. The number of hydrogen-bond donors (Lipinski definition) is 0. The van der Waals surface area contributed by atoms with Crippen molar-refractivity contribution in [2.24, 2.45) is 7.05 Å². The minimum atomic E-state index is 0. The van der Waals surface area contributed by atoms with Crippen LogP contribution in [0.5, 0.6) is 11.5 Å². The molecule has 5 aromatic carbocycles. The van der Waals surface area contributed by atoms with E-state index in [4.69, 9.17) is 9.72 Å². The van der Waals surface area contributed by atoms with Gasteiger partial charge in [-0.15, -0.1) is 29.7 Å². The molecule has 0 unspecified atom stereocenters. The zero-order chi connectivity index (χ0) is 32.9. The molecule has 3 aromatic heterocycles. The fourth-order valence-electron chi connectivity index (χ4n) is 6.96. The summed E-state index contributed by atoms with van der Waals surface area (Å²) in [5.41, 5.74) is 10.3. The SMILES string of the molecule is CC(C)c1cccc(C(C)C)c1-c1ccnc(-n2c3[c-]c(Oc4[c-]c(-n5[cH+]n(C)c6ccccc65)ccc4)ccc3c3ccccc32)c1.[Pt]. The molecule has 0 saturated heterocycles. The Morgan fingerprint density at radius 2 is 1.35 bits per heavy atom. The second kappa shape index (κ2) is 13.1. The quantitative estimate of drug-likeness (QED) is 0.150. The van der Waals surface area contributed by atoms with Gasteiger partial charge in [0.2, 0.25) is 0 Å². The Morgan fingerprint density at radius 3 is 2.10 bits per heavy atom. The van der Waals surface area contributed by atoms with Crippen LogP contribution >= 0.6 is 0 Å². The number of benzene rings is 5. The van der Waals surface area contributed by atoms with Crippen LogP contribution in [0.3, 0.4) is 0 Å². The molecular formula is C43H37N4OPt-. The van der Waals surface area contributed by atoms with E-state index in [1.165, 1.54) is 22.3 Å². The Balaban J connectivity index is 0.00000378. The molecule has 49 heavy (non-hydrogen) atoms. The van der Waals surface area contributed by atoms with E-state index in [2.05, 4.69) is 152 Å². The molecule has 5 nitrogen and oxygen atoms in total. The molecule has 3 heterocycles. The molecule has 8 aromatic rings. The van der Waals surface area contributed by atoms with Crippen molar-refractivity contribution < 1.29 is 25.8 Å². The number of aryl methyl sites for hydroxylation is 1. The largest absolute Gasteiger partial charge is 0.508 e. The fraction of sp³-hybridized carbons (Fsp3) is 0.163. The normalized spacial score (nSPS) is 11.6. The van der Waals surface area contributed by atoms with Crippen molar-refractivity contribution in [3.63, 3.8) is 0 Å². The van der Waals surface area contributed by atoms with E-state index < -0.39 is 0 Å². The van der Waals surface area contributed by atoms with Crippen LogP contribution in [-0.4, -0.2) is 18.7 Å². The van der Waals surface area contributed by atoms with Crippen LogP contribution in [0.15, 0.2) is 122 Å². The third-order valence-corrected chi connectivity index (χ3v) is 9.24. The first kappa shape index (κ1) is 32.6. The minimum absolute atomic E-state index is 0. The third-order valence-electron chi connectivity index (χ3n) is 9.24. The summed E-state index contributed by atoms with van der Waals surface area (Å²) in [6, 6.07) is 45.1. The smallest absolute Gasteiger partial charge is 0.188 e. The van der Waals surface area contributed by atoms with Crippen LogP contribution in [0.25, 0.3) is 55.5 Å². The van der Waals surface area contributed by atoms with Gasteiger partial charge < -0.3 is 9.30 Å². The Hall–Kier alpha value is -4.99. The molecule has 0 saturated carbocycles. The molecule has 8 rings (SSSR count). The number of rotatable bonds is 7. The molecule has 0 aliphatic carbocycles. The number of hydrogen-bond acceptors (Lipinski definition) is 2. The average molecular weight is 821 g/mol. The van der Waals surface area contributed by atoms with E-state index in [0.717, 1.165) is 44.3 Å². The second-order valence-electron chi connectivity index (χ2n) is 13.0. The summed E-state index contributed by atoms with van der Waals surface area (Å²) in [6.07, 6.45) is 4.00. The number of nitrogens with zero attached hydrogens (tertiary/aromatic N) is 4. The van der Waals surface area contributed by atoms with Crippen LogP contribution in [0, 0.1) is 12.1 Å². The summed E-state index contributed by atoms with van der Waals surface area (Å²) in [5, 5.41) is 2.24. The van der Waals surface area contributed by atoms with Gasteiger partial charge in [-0.1, -0.05) is 75.7 Å². The summed E-state index contributed by atoms with van der Waals surface area (Å²) >= 11 is 0. The maximum absolute atomic E-state index is 6.47. The number of pyridine rings is 1. The molecular weight excluding hydrogens is 784 g/mol. The molecule has 0 spiro atoms. The first-order chi connectivity index (χ1) is 23.4. The van der Waals surface area contributed by atoms with Crippen molar-refractivity contribution in [1.82, 2.24) is 18.7 Å². The maximum atomic E-state index is 6.47. The molecule has 0 aliphatic heterocycles. The standard InChI is InChI=1S/C43H37N4O.Pt/c1-28(2)34-15-11-16-35(29(3)4)43(34)30-22-23-44-42(24-30)47-38-17-7-6-14-36(38)37-21-20-33(26-41(37)47)48-32-13-10-12-31(25-32)46-27-45(5)39-18-8-9-19-40(39)46;/h6-24,27-29H,1-5H3;/q-1;. The van der Waals surface area contributed by atoms with Crippen molar-refractivity contribution >= 4 is 32.8 Å². The monoisotopic (exact) mass is 820 g/mol. The number of para-hydroxylation sites is 3. The van der Waals surface area contributed by atoms with Crippen LogP contribution < -0.4 is 4.74 Å². The predicted octanol–water partition coefficient (Wildman–Crippen LogP) is 11.0. The minimum Gasteiger partial charge on any atom is -0.508 e. The number of ether oxygens (including phenoxy) is 1. The van der Waals surface area contributed by atoms with Crippen LogP contribution in [-0.2, 0) is 28.1 Å². The topological polar surface area (TPSA) is 36.9 Å². The van der Waals surface area contributed by atoms with E-state index in [0.29, 0.717) is 23.3 Å². The van der Waals surface area contributed by atoms with E-state index in [1.807, 2.05) is 30.5 Å². The summed E-state index contributed by atoms with van der Waals surface area (Å²) in [7, 11) is 2.05. The van der Waals surface area contributed by atoms with Gasteiger partial charge in [0.15, 0.2) is 17.4 Å². The first-order valence-corrected chi connectivity index (χ1v) is 16.6. The Morgan fingerprint density at radius 1 is 0.673 bits per heavy atom. The van der Waals surface area contributed by atoms with Crippen molar-refractivity contribution in [2.75, 3.05) is 0 Å². The molecule has 0 radical (unpaired) electrons. The predicted molar refractivity (Wildman–Crippen MR) is 197 cm³/mol. The second-order valence-corrected chi connectivity index (χ2v) is 13.0. The maximum Gasteiger partial charge on any atom is 0.188 e. The van der Waals surface area contributed by atoms with Crippen molar-refractivity contribution in [2.45, 2.75) is 39.5 Å². The van der Waals surface area contributed by atoms with Crippen molar-refractivity contribution in [1.29, 1.82) is 0 Å². The summed E-state index contributed by atoms with van der Waals surface area (Å²) in [5.74, 6) is 2.88. The Bertz CT molecular complexity index is 2440. The summed E-state index contributed by atoms with van der Waals surface area (Å²) in [4.78, 5) is 4.93. The molecule has 6 heteroatoms. The number of aromatic nitrogens is 4. The molecule has 0 N–H and O–H groups in total. The third kappa shape index (κ3) is 5.76. The van der Waals surface area contributed by atoms with Gasteiger partial charge >= 0.3 is 0 Å². The summed E-state index contributed by atoms with van der Waals surface area (Å²) in [6.45, 7) is 9.06. The van der Waals surface area contributed by atoms with E-state index >= 15 is 0 Å². The van der Waals surface area contributed by atoms with Gasteiger partial charge in [0, 0.05) is 69.1 Å². The van der Waals surface area contributed by atoms with Crippen LogP contribution in [0.4, 0.5) is 0 Å². The summed E-state index contributed by atoms with van der Waals surface area (Å²) < 4.78 is 12.9. The van der Waals surface area contributed by atoms with Gasteiger partial charge in [0.25, 0.3) is 0 Å². The number of fused-ring (bicyclic) bond motifs is 4. The van der Waals surface area contributed by atoms with E-state index in [9.17, 15) is 0 Å². The van der Waals surface area contributed by atoms with Crippen LogP contribution in [0.1, 0.15) is 50.7 Å². The van der Waals surface area contributed by atoms with E-state index in [-0.39, 0.29) is 21.1 Å². The van der Waals surface area contributed by atoms with E-state index in [1.54, 1.807) is 0 Å². The van der Waals surface area contributed by atoms with Crippen molar-refractivity contribution in [3.8, 4) is 34.1 Å². The van der Waals surface area contributed by atoms with Gasteiger partial charge in [-0.05, 0) is 69.8 Å². The zero-order valence-electron chi connectivity index (χ0n) is 28.2. The molecule has 246 valence electrons. The van der Waals surface area contributed by atoms with Crippen molar-refractivity contribution in [3.05, 3.63) is 145 Å². The molecule has 0 amide bonds. The van der Waals surface area contributed by atoms with Gasteiger partial charge in [-0.25, -0.2) is 14.1 Å². The fourth-order valence-corrected chi connectivity index (χ4v) is 6.96. The molecule has 0 fully saturated rings. The van der Waals surface area contributed by atoms with Gasteiger partial charge in [-0.3, -0.25) is 0 Å². The zero-order valence-corrected chi connectivity index (χ0v) is 30.5. The number of imidazole rings is 1.